The van der Waals surface area contributed by atoms with Gasteiger partial charge in [-0.2, -0.15) is 0 Å². The molecule has 4 nitrogen and oxygen atoms in total. The first-order valence-electron chi connectivity index (χ1n) is 6.43. The van der Waals surface area contributed by atoms with E-state index in [1.807, 2.05) is 0 Å². The minimum atomic E-state index is -0.337. The van der Waals surface area contributed by atoms with Crippen molar-refractivity contribution < 1.29 is 20.1 Å². The number of hydrogen-bond donors (Lipinski definition) is 3. The summed E-state index contributed by atoms with van der Waals surface area (Å²) in [5.74, 6) is -0.506. The van der Waals surface area contributed by atoms with Crippen LogP contribution in [0.3, 0.4) is 0 Å². The van der Waals surface area contributed by atoms with Crippen LogP contribution in [-0.4, -0.2) is 21.1 Å². The molecule has 108 valence electrons. The quantitative estimate of drug-likeness (QED) is 0.596. The first-order chi connectivity index (χ1) is 9.88. The van der Waals surface area contributed by atoms with Crippen LogP contribution in [0.4, 0.5) is 0 Å². The van der Waals surface area contributed by atoms with Crippen molar-refractivity contribution in [1.29, 1.82) is 0 Å². The Bertz CT molecular complexity index is 689. The third-order valence-corrected chi connectivity index (χ3v) is 3.22. The van der Waals surface area contributed by atoms with Gasteiger partial charge in [0.1, 0.15) is 17.2 Å². The van der Waals surface area contributed by atoms with E-state index in [-0.39, 0.29) is 28.6 Å². The third-order valence-electron chi connectivity index (χ3n) is 3.22. The van der Waals surface area contributed by atoms with Crippen LogP contribution in [0.2, 0.25) is 0 Å². The molecule has 0 fully saturated rings. The Morgan fingerprint density at radius 3 is 2.19 bits per heavy atom. The summed E-state index contributed by atoms with van der Waals surface area (Å²) in [7, 11) is 0. The number of rotatable bonds is 3. The van der Waals surface area contributed by atoms with Crippen molar-refractivity contribution in [2.75, 3.05) is 0 Å². The predicted octanol–water partition coefficient (Wildman–Crippen LogP) is 3.40. The Hall–Kier alpha value is -2.75. The van der Waals surface area contributed by atoms with Crippen molar-refractivity contribution in [3.8, 4) is 17.2 Å². The predicted molar refractivity (Wildman–Crippen MR) is 80.6 cm³/mol. The van der Waals surface area contributed by atoms with E-state index < -0.39 is 0 Å². The van der Waals surface area contributed by atoms with E-state index in [2.05, 4.69) is 0 Å². The molecule has 0 aromatic heterocycles. The number of phenols is 3. The number of aromatic hydroxyl groups is 3. The molecule has 0 saturated carbocycles. The Morgan fingerprint density at radius 1 is 1.00 bits per heavy atom. The van der Waals surface area contributed by atoms with Crippen LogP contribution in [0.25, 0.3) is 5.57 Å². The van der Waals surface area contributed by atoms with Crippen molar-refractivity contribution >= 4 is 11.4 Å². The fourth-order valence-electron chi connectivity index (χ4n) is 2.15. The van der Waals surface area contributed by atoms with Gasteiger partial charge >= 0.3 is 0 Å². The molecule has 0 heterocycles. The first kappa shape index (κ1) is 14.7. The molecule has 2 rings (SSSR count). The molecule has 0 bridgehead atoms. The zero-order chi connectivity index (χ0) is 15.6. The molecule has 0 aliphatic carbocycles. The van der Waals surface area contributed by atoms with Gasteiger partial charge in [-0.15, -0.1) is 0 Å². The molecule has 4 heteroatoms. The van der Waals surface area contributed by atoms with Gasteiger partial charge in [-0.3, -0.25) is 4.79 Å². The standard InChI is InChI=1S/C17H16O4/c1-10(12-3-5-13(18)6-4-12)8-15(20)17-11(2)7-14(19)9-16(17)21/h3-9,18-19,21H,1-2H3/b10-8+. The third kappa shape index (κ3) is 3.23. The number of aryl methyl sites for hydroxylation is 1. The highest BCUT2D eigenvalue weighted by Gasteiger charge is 2.14. The van der Waals surface area contributed by atoms with E-state index in [1.54, 1.807) is 38.1 Å². The van der Waals surface area contributed by atoms with Crippen LogP contribution >= 0.6 is 0 Å². The maximum absolute atomic E-state index is 12.3. The fourth-order valence-corrected chi connectivity index (χ4v) is 2.15. The highest BCUT2D eigenvalue weighted by molar-refractivity contribution is 6.11. The van der Waals surface area contributed by atoms with E-state index in [0.717, 1.165) is 11.6 Å². The summed E-state index contributed by atoms with van der Waals surface area (Å²) in [6.45, 7) is 3.42. The highest BCUT2D eigenvalue weighted by atomic mass is 16.3. The molecule has 0 saturated heterocycles. The summed E-state index contributed by atoms with van der Waals surface area (Å²) in [6.07, 6.45) is 1.42. The van der Waals surface area contributed by atoms with Gasteiger partial charge in [-0.05, 0) is 54.8 Å². The number of ketones is 1. The maximum atomic E-state index is 12.3. The lowest BCUT2D eigenvalue weighted by atomic mass is 9.99. The molecule has 2 aromatic rings. The van der Waals surface area contributed by atoms with E-state index in [1.165, 1.54) is 12.1 Å². The minimum Gasteiger partial charge on any atom is -0.508 e. The van der Waals surface area contributed by atoms with Crippen molar-refractivity contribution in [1.82, 2.24) is 0 Å². The summed E-state index contributed by atoms with van der Waals surface area (Å²) in [5.41, 5.74) is 2.20. The van der Waals surface area contributed by atoms with E-state index in [4.69, 9.17) is 0 Å². The number of phenolic OH excluding ortho intramolecular Hbond substituents is 3. The average Bonchev–Trinajstić information content (AvgIpc) is 2.37. The smallest absolute Gasteiger partial charge is 0.190 e. The minimum absolute atomic E-state index is 0.0826. The highest BCUT2D eigenvalue weighted by Crippen LogP contribution is 2.28. The van der Waals surface area contributed by atoms with E-state index in [0.29, 0.717) is 11.1 Å². The van der Waals surface area contributed by atoms with Crippen LogP contribution < -0.4 is 0 Å². The molecule has 0 amide bonds. The van der Waals surface area contributed by atoms with Gasteiger partial charge in [-0.1, -0.05) is 12.1 Å². The summed E-state index contributed by atoms with van der Waals surface area (Å²) in [6, 6.07) is 9.07. The number of hydrogen-bond acceptors (Lipinski definition) is 4. The topological polar surface area (TPSA) is 77.8 Å². The summed E-state index contributed by atoms with van der Waals surface area (Å²) < 4.78 is 0. The molecule has 2 aromatic carbocycles. The molecule has 0 atom stereocenters. The normalized spacial score (nSPS) is 11.4. The van der Waals surface area contributed by atoms with Gasteiger partial charge < -0.3 is 15.3 Å². The van der Waals surface area contributed by atoms with Gasteiger partial charge in [0, 0.05) is 6.07 Å². The zero-order valence-corrected chi connectivity index (χ0v) is 11.8. The van der Waals surface area contributed by atoms with Crippen molar-refractivity contribution in [3.05, 3.63) is 59.2 Å². The summed E-state index contributed by atoms with van der Waals surface area (Å²) in [5, 5.41) is 28.4. The molecule has 0 radical (unpaired) electrons. The molecule has 0 aliphatic heterocycles. The lowest BCUT2D eigenvalue weighted by Gasteiger charge is -2.07. The summed E-state index contributed by atoms with van der Waals surface area (Å²) in [4.78, 5) is 12.3. The first-order valence-corrected chi connectivity index (χ1v) is 6.43. The Kier molecular flexibility index (Phi) is 3.98. The second-order valence-corrected chi connectivity index (χ2v) is 4.90. The molecular weight excluding hydrogens is 268 g/mol. The Labute approximate surface area is 122 Å². The average molecular weight is 284 g/mol. The molecule has 3 N–H and O–H groups in total. The number of allylic oxidation sites excluding steroid dienone is 2. The lowest BCUT2D eigenvalue weighted by molar-refractivity contribution is 0.104. The largest absolute Gasteiger partial charge is 0.508 e. The van der Waals surface area contributed by atoms with Crippen LogP contribution in [-0.2, 0) is 0 Å². The van der Waals surface area contributed by atoms with Crippen molar-refractivity contribution in [2.45, 2.75) is 13.8 Å². The molecular formula is C17H16O4. The molecule has 21 heavy (non-hydrogen) atoms. The number of carbonyl (C=O) groups is 1. The monoisotopic (exact) mass is 284 g/mol. The lowest BCUT2D eigenvalue weighted by Crippen LogP contribution is -1.99. The summed E-state index contributed by atoms with van der Waals surface area (Å²) >= 11 is 0. The van der Waals surface area contributed by atoms with Crippen molar-refractivity contribution in [3.63, 3.8) is 0 Å². The molecule has 0 unspecified atom stereocenters. The second kappa shape index (κ2) is 5.71. The molecule has 0 aliphatic rings. The zero-order valence-electron chi connectivity index (χ0n) is 11.8. The van der Waals surface area contributed by atoms with Crippen LogP contribution in [0, 0.1) is 6.92 Å². The van der Waals surface area contributed by atoms with Crippen LogP contribution in [0.15, 0.2) is 42.5 Å². The van der Waals surface area contributed by atoms with Crippen molar-refractivity contribution in [2.24, 2.45) is 0 Å². The van der Waals surface area contributed by atoms with Gasteiger partial charge in [0.15, 0.2) is 5.78 Å². The fraction of sp³-hybridized carbons (Fsp3) is 0.118. The second-order valence-electron chi connectivity index (χ2n) is 4.90. The van der Waals surface area contributed by atoms with E-state index >= 15 is 0 Å². The van der Waals surface area contributed by atoms with Gasteiger partial charge in [0.05, 0.1) is 5.56 Å². The number of carbonyl (C=O) groups excluding carboxylic acids is 1. The Morgan fingerprint density at radius 2 is 1.62 bits per heavy atom. The van der Waals surface area contributed by atoms with E-state index in [9.17, 15) is 20.1 Å². The van der Waals surface area contributed by atoms with Crippen LogP contribution in [0.1, 0.15) is 28.4 Å². The molecule has 0 spiro atoms. The number of benzene rings is 2. The Balaban J connectivity index is 2.37. The van der Waals surface area contributed by atoms with Gasteiger partial charge in [-0.25, -0.2) is 0 Å². The van der Waals surface area contributed by atoms with Crippen LogP contribution in [0.5, 0.6) is 17.2 Å². The SMILES string of the molecule is C/C(=C\C(=O)c1c(C)cc(O)cc1O)c1ccc(O)cc1. The van der Waals surface area contributed by atoms with Gasteiger partial charge in [0.25, 0.3) is 0 Å². The van der Waals surface area contributed by atoms with Gasteiger partial charge in [0.2, 0.25) is 0 Å². The maximum Gasteiger partial charge on any atom is 0.190 e.